The maximum absolute atomic E-state index is 12.3. The highest BCUT2D eigenvalue weighted by Gasteiger charge is 2.28. The minimum absolute atomic E-state index is 0.0370. The largest absolute Gasteiger partial charge is 0.396 e. The number of hydrogen-bond donors (Lipinski definition) is 2. The van der Waals surface area contributed by atoms with E-state index in [-0.39, 0.29) is 12.5 Å². The lowest BCUT2D eigenvalue weighted by atomic mass is 10.0. The van der Waals surface area contributed by atoms with Crippen molar-refractivity contribution in [2.24, 2.45) is 5.92 Å². The molecule has 2 rings (SSSR count). The predicted octanol–water partition coefficient (Wildman–Crippen LogP) is 1.65. The van der Waals surface area contributed by atoms with E-state index >= 15 is 0 Å². The molecule has 106 valence electrons. The third kappa shape index (κ3) is 4.04. The molecular weight excluding hydrogens is 379 g/mol. The van der Waals surface area contributed by atoms with Crippen LogP contribution in [0.4, 0.5) is 5.69 Å². The van der Waals surface area contributed by atoms with Crippen LogP contribution >= 0.6 is 22.6 Å². The molecular formula is C12H17IN2O3S. The summed E-state index contributed by atoms with van der Waals surface area (Å²) in [5.41, 5.74) is 0.568. The van der Waals surface area contributed by atoms with E-state index in [2.05, 4.69) is 27.3 Å². The van der Waals surface area contributed by atoms with Gasteiger partial charge in [-0.05, 0) is 59.5 Å². The Labute approximate surface area is 127 Å². The maximum Gasteiger partial charge on any atom is 0.301 e. The highest BCUT2D eigenvalue weighted by Crippen LogP contribution is 2.21. The molecule has 19 heavy (non-hydrogen) atoms. The van der Waals surface area contributed by atoms with Crippen molar-refractivity contribution in [1.82, 2.24) is 4.31 Å². The molecule has 1 atom stereocenters. The van der Waals surface area contributed by atoms with Crippen molar-refractivity contribution in [3.05, 3.63) is 27.8 Å². The summed E-state index contributed by atoms with van der Waals surface area (Å²) >= 11 is 2.14. The molecule has 1 unspecified atom stereocenters. The summed E-state index contributed by atoms with van der Waals surface area (Å²) in [6, 6.07) is 7.23. The number of halogens is 1. The molecule has 0 spiro atoms. The second kappa shape index (κ2) is 6.38. The van der Waals surface area contributed by atoms with E-state index in [1.165, 1.54) is 4.31 Å². The normalized spacial score (nSPS) is 21.3. The highest BCUT2D eigenvalue weighted by molar-refractivity contribution is 14.1. The van der Waals surface area contributed by atoms with E-state index in [0.29, 0.717) is 18.8 Å². The van der Waals surface area contributed by atoms with Gasteiger partial charge in [0.1, 0.15) is 0 Å². The summed E-state index contributed by atoms with van der Waals surface area (Å²) in [6.45, 7) is 0.931. The molecule has 0 aliphatic carbocycles. The van der Waals surface area contributed by atoms with Crippen LogP contribution in [0.1, 0.15) is 12.8 Å². The number of anilines is 1. The number of piperidine rings is 1. The van der Waals surface area contributed by atoms with Gasteiger partial charge in [-0.1, -0.05) is 6.07 Å². The number of aliphatic hydroxyl groups is 1. The van der Waals surface area contributed by atoms with Crippen LogP contribution in [0.2, 0.25) is 0 Å². The lowest BCUT2D eigenvalue weighted by Gasteiger charge is -2.31. The Morgan fingerprint density at radius 3 is 2.95 bits per heavy atom. The zero-order valence-corrected chi connectivity index (χ0v) is 13.4. The first-order valence-corrected chi connectivity index (χ1v) is 8.67. The molecule has 0 amide bonds. The predicted molar refractivity (Wildman–Crippen MR) is 83.1 cm³/mol. The number of rotatable bonds is 4. The van der Waals surface area contributed by atoms with Crippen molar-refractivity contribution >= 4 is 38.5 Å². The molecule has 1 aliphatic rings. The zero-order valence-electron chi connectivity index (χ0n) is 10.4. The van der Waals surface area contributed by atoms with Crippen LogP contribution in [0.3, 0.4) is 0 Å². The summed E-state index contributed by atoms with van der Waals surface area (Å²) in [7, 11) is -3.53. The van der Waals surface area contributed by atoms with Gasteiger partial charge in [-0.15, -0.1) is 0 Å². The van der Waals surface area contributed by atoms with Gasteiger partial charge in [-0.3, -0.25) is 4.72 Å². The van der Waals surface area contributed by atoms with Gasteiger partial charge in [-0.2, -0.15) is 12.7 Å². The maximum atomic E-state index is 12.3. The monoisotopic (exact) mass is 396 g/mol. The van der Waals surface area contributed by atoms with Gasteiger partial charge in [0.05, 0.1) is 5.69 Å². The number of nitrogens with one attached hydrogen (secondary N) is 1. The van der Waals surface area contributed by atoms with Crippen molar-refractivity contribution in [3.8, 4) is 0 Å². The number of aliphatic hydroxyl groups excluding tert-OH is 1. The van der Waals surface area contributed by atoms with E-state index in [9.17, 15) is 8.42 Å². The molecule has 1 aromatic rings. The summed E-state index contributed by atoms with van der Waals surface area (Å²) in [5, 5.41) is 9.16. The molecule has 1 saturated heterocycles. The van der Waals surface area contributed by atoms with Crippen molar-refractivity contribution in [2.45, 2.75) is 12.8 Å². The van der Waals surface area contributed by atoms with Crippen LogP contribution in [0.15, 0.2) is 24.3 Å². The smallest absolute Gasteiger partial charge is 0.301 e. The van der Waals surface area contributed by atoms with Gasteiger partial charge in [0.15, 0.2) is 0 Å². The standard InChI is InChI=1S/C12H17IN2O3S/c13-11-4-1-5-12(7-11)14-19(17,18)15-6-2-3-10(8-15)9-16/h1,4-5,7,10,14,16H,2-3,6,8-9H2. The average molecular weight is 396 g/mol. The fourth-order valence-corrected chi connectivity index (χ4v) is 4.03. The summed E-state index contributed by atoms with van der Waals surface area (Å²) in [4.78, 5) is 0. The third-order valence-electron chi connectivity index (χ3n) is 3.15. The average Bonchev–Trinajstić information content (AvgIpc) is 2.38. The van der Waals surface area contributed by atoms with Crippen molar-refractivity contribution in [3.63, 3.8) is 0 Å². The SMILES string of the molecule is O=S(=O)(Nc1cccc(I)c1)N1CCCC(CO)C1. The van der Waals surface area contributed by atoms with Crippen LogP contribution in [0.25, 0.3) is 0 Å². The molecule has 1 heterocycles. The van der Waals surface area contributed by atoms with Gasteiger partial charge < -0.3 is 5.11 Å². The molecule has 0 radical (unpaired) electrons. The molecule has 0 aromatic heterocycles. The molecule has 0 saturated carbocycles. The Kier molecular flexibility index (Phi) is 5.04. The van der Waals surface area contributed by atoms with Gasteiger partial charge in [-0.25, -0.2) is 0 Å². The minimum atomic E-state index is -3.53. The second-order valence-electron chi connectivity index (χ2n) is 4.67. The Morgan fingerprint density at radius 1 is 1.47 bits per heavy atom. The van der Waals surface area contributed by atoms with E-state index in [0.717, 1.165) is 16.4 Å². The lowest BCUT2D eigenvalue weighted by molar-refractivity contribution is 0.166. The van der Waals surface area contributed by atoms with Gasteiger partial charge in [0.2, 0.25) is 0 Å². The van der Waals surface area contributed by atoms with E-state index < -0.39 is 10.2 Å². The van der Waals surface area contributed by atoms with Crippen molar-refractivity contribution in [1.29, 1.82) is 0 Å². The molecule has 1 aromatic carbocycles. The number of nitrogens with zero attached hydrogens (tertiary/aromatic N) is 1. The fraction of sp³-hybridized carbons (Fsp3) is 0.500. The first-order valence-electron chi connectivity index (χ1n) is 6.15. The Bertz CT molecular complexity index is 536. The van der Waals surface area contributed by atoms with E-state index in [4.69, 9.17) is 5.11 Å². The molecule has 5 nitrogen and oxygen atoms in total. The fourth-order valence-electron chi connectivity index (χ4n) is 2.16. The Balaban J connectivity index is 2.09. The van der Waals surface area contributed by atoms with E-state index in [1.807, 2.05) is 12.1 Å². The second-order valence-corrected chi connectivity index (χ2v) is 7.58. The van der Waals surface area contributed by atoms with Crippen LogP contribution in [0.5, 0.6) is 0 Å². The summed E-state index contributed by atoms with van der Waals surface area (Å²) in [5.74, 6) is 0.0428. The third-order valence-corrected chi connectivity index (χ3v) is 5.33. The first kappa shape index (κ1) is 15.0. The van der Waals surface area contributed by atoms with Crippen LogP contribution < -0.4 is 4.72 Å². The zero-order chi connectivity index (χ0) is 13.9. The van der Waals surface area contributed by atoms with Crippen molar-refractivity contribution in [2.75, 3.05) is 24.4 Å². The molecule has 1 fully saturated rings. The number of benzene rings is 1. The molecule has 0 bridgehead atoms. The lowest BCUT2D eigenvalue weighted by Crippen LogP contribution is -2.43. The van der Waals surface area contributed by atoms with Gasteiger partial charge in [0.25, 0.3) is 0 Å². The Hall–Kier alpha value is -0.380. The molecule has 2 N–H and O–H groups in total. The Morgan fingerprint density at radius 2 is 2.26 bits per heavy atom. The van der Waals surface area contributed by atoms with Crippen LogP contribution in [-0.4, -0.2) is 37.5 Å². The van der Waals surface area contributed by atoms with Crippen LogP contribution in [-0.2, 0) is 10.2 Å². The quantitative estimate of drug-likeness (QED) is 0.761. The number of hydrogen-bond acceptors (Lipinski definition) is 3. The first-order chi connectivity index (χ1) is 9.01. The van der Waals surface area contributed by atoms with Gasteiger partial charge in [0, 0.05) is 23.3 Å². The summed E-state index contributed by atoms with van der Waals surface area (Å²) in [6.07, 6.45) is 1.67. The van der Waals surface area contributed by atoms with Crippen molar-refractivity contribution < 1.29 is 13.5 Å². The summed E-state index contributed by atoms with van der Waals surface area (Å²) < 4.78 is 29.5. The topological polar surface area (TPSA) is 69.6 Å². The molecule has 7 heteroatoms. The van der Waals surface area contributed by atoms with Gasteiger partial charge >= 0.3 is 10.2 Å². The minimum Gasteiger partial charge on any atom is -0.396 e. The van der Waals surface area contributed by atoms with Crippen LogP contribution in [0, 0.1) is 9.49 Å². The molecule has 1 aliphatic heterocycles. The van der Waals surface area contributed by atoms with E-state index in [1.54, 1.807) is 12.1 Å². The highest BCUT2D eigenvalue weighted by atomic mass is 127.